The van der Waals surface area contributed by atoms with E-state index < -0.39 is 0 Å². The van der Waals surface area contributed by atoms with Crippen molar-refractivity contribution < 1.29 is 0 Å². The van der Waals surface area contributed by atoms with Gasteiger partial charge in [-0.05, 0) is 25.7 Å². The Kier molecular flexibility index (Phi) is 42.3. The standard InChI is InChI=1S/C53H106N2/c1-4-7-10-13-16-19-22-25-27-29-31-33-36-39-42-45-48-53-54(49-46-43-40-37-34-24-21-18-15-12-9-6-3)51-52-55(53)50-47-44-41-38-35-32-30-28-26-23-20-17-14-11-8-5-2/h51-53H,4-50H2,1-3H3. The first-order valence-electron chi connectivity index (χ1n) is 26.5. The van der Waals surface area contributed by atoms with Crippen LogP contribution in [0.25, 0.3) is 0 Å². The molecule has 0 bridgehead atoms. The Bertz CT molecular complexity index is 732. The minimum Gasteiger partial charge on any atom is -0.356 e. The zero-order chi connectivity index (χ0) is 39.4. The number of hydrogen-bond acceptors (Lipinski definition) is 2. The van der Waals surface area contributed by atoms with Crippen LogP contribution in [0.4, 0.5) is 0 Å². The normalized spacial score (nSPS) is 14.3. The van der Waals surface area contributed by atoms with E-state index in [9.17, 15) is 0 Å². The molecule has 1 heterocycles. The molecular weight excluding hydrogens is 665 g/mol. The van der Waals surface area contributed by atoms with Gasteiger partial charge >= 0.3 is 0 Å². The van der Waals surface area contributed by atoms with E-state index in [2.05, 4.69) is 43.0 Å². The van der Waals surface area contributed by atoms with Crippen LogP contribution < -0.4 is 0 Å². The maximum atomic E-state index is 2.75. The van der Waals surface area contributed by atoms with E-state index >= 15 is 0 Å². The van der Waals surface area contributed by atoms with Crippen molar-refractivity contribution >= 4 is 0 Å². The van der Waals surface area contributed by atoms with Crippen molar-refractivity contribution in [1.29, 1.82) is 0 Å². The molecule has 2 heteroatoms. The predicted molar refractivity (Wildman–Crippen MR) is 251 cm³/mol. The summed E-state index contributed by atoms with van der Waals surface area (Å²) >= 11 is 0. The van der Waals surface area contributed by atoms with Crippen molar-refractivity contribution in [3.8, 4) is 0 Å². The van der Waals surface area contributed by atoms with Gasteiger partial charge in [-0.15, -0.1) is 0 Å². The molecule has 1 aliphatic heterocycles. The number of hydrogen-bond donors (Lipinski definition) is 0. The van der Waals surface area contributed by atoms with Crippen LogP contribution in [0.5, 0.6) is 0 Å². The Hall–Kier alpha value is -0.660. The molecule has 0 fully saturated rings. The van der Waals surface area contributed by atoms with Gasteiger partial charge in [-0.25, -0.2) is 0 Å². The molecule has 1 atom stereocenters. The van der Waals surface area contributed by atoms with Crippen molar-refractivity contribution in [3.63, 3.8) is 0 Å². The highest BCUT2D eigenvalue weighted by atomic mass is 15.4. The van der Waals surface area contributed by atoms with Crippen LogP contribution in [0.15, 0.2) is 12.4 Å². The Morgan fingerprint density at radius 2 is 0.418 bits per heavy atom. The molecule has 1 rings (SSSR count). The van der Waals surface area contributed by atoms with E-state index in [4.69, 9.17) is 0 Å². The summed E-state index contributed by atoms with van der Waals surface area (Å²) in [6.07, 6.45) is 70.8. The fourth-order valence-electron chi connectivity index (χ4n) is 9.19. The second-order valence-electron chi connectivity index (χ2n) is 18.5. The molecule has 0 aromatic rings. The summed E-state index contributed by atoms with van der Waals surface area (Å²) in [5, 5.41) is 0. The Morgan fingerprint density at radius 1 is 0.236 bits per heavy atom. The first-order chi connectivity index (χ1) is 27.3. The van der Waals surface area contributed by atoms with Crippen LogP contribution in [0, 0.1) is 0 Å². The first kappa shape index (κ1) is 52.4. The predicted octanol–water partition coefficient (Wildman–Crippen LogP) is 19.0. The summed E-state index contributed by atoms with van der Waals surface area (Å²) in [5.74, 6) is 0. The van der Waals surface area contributed by atoms with Crippen LogP contribution in [-0.2, 0) is 0 Å². The van der Waals surface area contributed by atoms with E-state index in [1.54, 1.807) is 0 Å². The van der Waals surface area contributed by atoms with Gasteiger partial charge in [-0.2, -0.15) is 0 Å². The van der Waals surface area contributed by atoms with Gasteiger partial charge in [0.2, 0.25) is 0 Å². The molecule has 2 nitrogen and oxygen atoms in total. The van der Waals surface area contributed by atoms with Crippen molar-refractivity contribution in [2.75, 3.05) is 13.1 Å². The molecule has 328 valence electrons. The van der Waals surface area contributed by atoms with Gasteiger partial charge in [0.1, 0.15) is 6.17 Å². The van der Waals surface area contributed by atoms with E-state index in [0.717, 1.165) is 0 Å². The van der Waals surface area contributed by atoms with Crippen LogP contribution in [0.2, 0.25) is 0 Å². The summed E-state index contributed by atoms with van der Waals surface area (Å²) in [6, 6.07) is 0. The monoisotopic (exact) mass is 771 g/mol. The molecular formula is C53H106N2. The SMILES string of the molecule is CCCCCCCCCCCCCCCCCCC1N(CCCCCCCCCCCCCC)C=CN1CCCCCCCCCCCCCCCCCC. The summed E-state index contributed by atoms with van der Waals surface area (Å²) in [6.45, 7) is 9.50. The first-order valence-corrected chi connectivity index (χ1v) is 26.5. The Balaban J connectivity index is 2.19. The highest BCUT2D eigenvalue weighted by Crippen LogP contribution is 2.24. The van der Waals surface area contributed by atoms with Crippen LogP contribution in [0.1, 0.15) is 310 Å². The third-order valence-electron chi connectivity index (χ3n) is 13.1. The minimum atomic E-state index is 0.635. The van der Waals surface area contributed by atoms with Crippen LogP contribution in [-0.4, -0.2) is 29.1 Å². The molecule has 0 radical (unpaired) electrons. The van der Waals surface area contributed by atoms with Gasteiger partial charge in [0.15, 0.2) is 0 Å². The summed E-state index contributed by atoms with van der Waals surface area (Å²) < 4.78 is 0. The van der Waals surface area contributed by atoms with Gasteiger partial charge in [0, 0.05) is 25.5 Å². The average Bonchev–Trinajstić information content (AvgIpc) is 3.58. The Labute approximate surface area is 350 Å². The highest BCUT2D eigenvalue weighted by molar-refractivity contribution is 4.97. The maximum Gasteiger partial charge on any atom is 0.101 e. The molecule has 0 aliphatic carbocycles. The number of nitrogens with zero attached hydrogens (tertiary/aromatic N) is 2. The zero-order valence-electron chi connectivity index (χ0n) is 38.9. The summed E-state index contributed by atoms with van der Waals surface area (Å²) in [7, 11) is 0. The van der Waals surface area contributed by atoms with Crippen molar-refractivity contribution in [3.05, 3.63) is 12.4 Å². The van der Waals surface area contributed by atoms with E-state index in [1.807, 2.05) is 0 Å². The lowest BCUT2D eigenvalue weighted by atomic mass is 10.0. The van der Waals surface area contributed by atoms with E-state index in [1.165, 1.54) is 302 Å². The fourth-order valence-corrected chi connectivity index (χ4v) is 9.19. The lowest BCUT2D eigenvalue weighted by Crippen LogP contribution is -2.39. The fraction of sp³-hybridized carbons (Fsp3) is 0.962. The quantitative estimate of drug-likeness (QED) is 0.0569. The third kappa shape index (κ3) is 36.2. The largest absolute Gasteiger partial charge is 0.356 e. The second-order valence-corrected chi connectivity index (χ2v) is 18.5. The lowest BCUT2D eigenvalue weighted by molar-refractivity contribution is 0.135. The Morgan fingerprint density at radius 3 is 0.636 bits per heavy atom. The maximum absolute atomic E-state index is 2.75. The molecule has 0 saturated heterocycles. The van der Waals surface area contributed by atoms with Crippen LogP contribution in [0.3, 0.4) is 0 Å². The molecule has 1 aliphatic rings. The van der Waals surface area contributed by atoms with Gasteiger partial charge in [-0.1, -0.05) is 284 Å². The minimum absolute atomic E-state index is 0.635. The summed E-state index contributed by atoms with van der Waals surface area (Å²) in [4.78, 5) is 5.49. The summed E-state index contributed by atoms with van der Waals surface area (Å²) in [5.41, 5.74) is 0. The topological polar surface area (TPSA) is 6.48 Å². The molecule has 0 aromatic heterocycles. The van der Waals surface area contributed by atoms with Crippen LogP contribution >= 0.6 is 0 Å². The van der Waals surface area contributed by atoms with Gasteiger partial charge in [0.05, 0.1) is 0 Å². The molecule has 0 amide bonds. The van der Waals surface area contributed by atoms with Gasteiger partial charge in [-0.3, -0.25) is 0 Å². The molecule has 0 aromatic carbocycles. The molecule has 1 unspecified atom stereocenters. The molecule has 0 spiro atoms. The molecule has 0 N–H and O–H groups in total. The smallest absolute Gasteiger partial charge is 0.101 e. The average molecular weight is 771 g/mol. The van der Waals surface area contributed by atoms with Crippen molar-refractivity contribution in [2.45, 2.75) is 316 Å². The molecule has 0 saturated carbocycles. The molecule has 55 heavy (non-hydrogen) atoms. The van der Waals surface area contributed by atoms with Gasteiger partial charge in [0.25, 0.3) is 0 Å². The number of unbranched alkanes of at least 4 members (excludes halogenated alkanes) is 41. The van der Waals surface area contributed by atoms with Crippen molar-refractivity contribution in [1.82, 2.24) is 9.80 Å². The van der Waals surface area contributed by atoms with Gasteiger partial charge < -0.3 is 9.80 Å². The second kappa shape index (κ2) is 44.4. The van der Waals surface area contributed by atoms with Crippen molar-refractivity contribution in [2.24, 2.45) is 0 Å². The lowest BCUT2D eigenvalue weighted by Gasteiger charge is -2.33. The van der Waals surface area contributed by atoms with E-state index in [0.29, 0.717) is 6.17 Å². The van der Waals surface area contributed by atoms with E-state index in [-0.39, 0.29) is 0 Å². The zero-order valence-corrected chi connectivity index (χ0v) is 38.9. The number of rotatable bonds is 47. The third-order valence-corrected chi connectivity index (χ3v) is 13.1. The highest BCUT2D eigenvalue weighted by Gasteiger charge is 2.25.